The molecule has 1 heterocycles. The minimum Gasteiger partial charge on any atom is -0.490 e. The maximum absolute atomic E-state index is 11.9. The zero-order valence-electron chi connectivity index (χ0n) is 16.9. The number of anilines is 1. The molecule has 0 aliphatic carbocycles. The molecule has 0 aliphatic rings. The fourth-order valence-electron chi connectivity index (χ4n) is 2.62. The predicted octanol–water partition coefficient (Wildman–Crippen LogP) is 3.70. The number of aromatic nitrogens is 1. The van der Waals surface area contributed by atoms with E-state index in [1.165, 1.54) is 16.9 Å². The van der Waals surface area contributed by atoms with E-state index >= 15 is 0 Å². The number of nitrogen functional groups attached to an aromatic ring is 1. The molecule has 3 rings (SSSR count). The van der Waals surface area contributed by atoms with Crippen LogP contribution in [0.3, 0.4) is 0 Å². The molecule has 1 amide bonds. The largest absolute Gasteiger partial charge is 0.490 e. The predicted molar refractivity (Wildman–Crippen MR) is 119 cm³/mol. The molecule has 3 N–H and O–H groups in total. The Kier molecular flexibility index (Phi) is 7.40. The van der Waals surface area contributed by atoms with E-state index in [0.717, 1.165) is 11.1 Å². The number of nitrogens with two attached hydrogens (primary N) is 1. The van der Waals surface area contributed by atoms with Crippen molar-refractivity contribution in [2.24, 2.45) is 5.10 Å². The standard InChI is InChI=1S/C22H24N4O3S/c1-3-28-20-10-17(12-24-26-21(27)11-18-14-30-22(23)25-18)8-9-19(20)29-13-16-6-4-15(2)5-7-16/h4-10,12,14H,3,11,13H2,1-2H3,(H2,23,25)(H,26,27)/b24-12+. The Morgan fingerprint density at radius 2 is 2.00 bits per heavy atom. The Bertz CT molecular complexity index is 1020. The number of carbonyl (C=O) groups is 1. The molecule has 3 aromatic rings. The Morgan fingerprint density at radius 1 is 1.20 bits per heavy atom. The molecular weight excluding hydrogens is 400 g/mol. The molecule has 8 heteroatoms. The minimum absolute atomic E-state index is 0.126. The van der Waals surface area contributed by atoms with Gasteiger partial charge in [-0.3, -0.25) is 4.79 Å². The summed E-state index contributed by atoms with van der Waals surface area (Å²) in [7, 11) is 0. The maximum Gasteiger partial charge on any atom is 0.246 e. The molecule has 1 aromatic heterocycles. The topological polar surface area (TPSA) is 98.8 Å². The number of ether oxygens (including phenoxy) is 2. The first-order valence-electron chi connectivity index (χ1n) is 9.50. The smallest absolute Gasteiger partial charge is 0.246 e. The van der Waals surface area contributed by atoms with Gasteiger partial charge in [0, 0.05) is 5.38 Å². The van der Waals surface area contributed by atoms with E-state index < -0.39 is 0 Å². The second-order valence-corrected chi connectivity index (χ2v) is 7.45. The van der Waals surface area contributed by atoms with Gasteiger partial charge in [-0.15, -0.1) is 11.3 Å². The van der Waals surface area contributed by atoms with Gasteiger partial charge in [0.2, 0.25) is 5.91 Å². The molecular formula is C22H24N4O3S. The van der Waals surface area contributed by atoms with Crippen LogP contribution in [0, 0.1) is 6.92 Å². The number of thiazole rings is 1. The SMILES string of the molecule is CCOc1cc(/C=N/NC(=O)Cc2csc(N)n2)ccc1OCc1ccc(C)cc1. The lowest BCUT2D eigenvalue weighted by molar-refractivity contribution is -0.120. The second kappa shape index (κ2) is 10.4. The number of hydrogen-bond acceptors (Lipinski definition) is 7. The number of nitrogens with one attached hydrogen (secondary N) is 1. The molecule has 0 saturated carbocycles. The van der Waals surface area contributed by atoms with Gasteiger partial charge in [-0.2, -0.15) is 5.10 Å². The van der Waals surface area contributed by atoms with Gasteiger partial charge < -0.3 is 15.2 Å². The van der Waals surface area contributed by atoms with E-state index in [1.54, 1.807) is 11.6 Å². The lowest BCUT2D eigenvalue weighted by Gasteiger charge is -2.12. The Morgan fingerprint density at radius 3 is 2.70 bits per heavy atom. The van der Waals surface area contributed by atoms with Crippen LogP contribution >= 0.6 is 11.3 Å². The first kappa shape index (κ1) is 21.3. The molecule has 0 radical (unpaired) electrons. The van der Waals surface area contributed by atoms with Gasteiger partial charge in [-0.1, -0.05) is 29.8 Å². The van der Waals surface area contributed by atoms with Crippen LogP contribution in [0.25, 0.3) is 0 Å². The zero-order chi connectivity index (χ0) is 21.3. The summed E-state index contributed by atoms with van der Waals surface area (Å²) < 4.78 is 11.6. The van der Waals surface area contributed by atoms with Gasteiger partial charge in [0.25, 0.3) is 0 Å². The van der Waals surface area contributed by atoms with E-state index in [4.69, 9.17) is 15.2 Å². The van der Waals surface area contributed by atoms with Crippen molar-refractivity contribution in [3.63, 3.8) is 0 Å². The fraction of sp³-hybridized carbons (Fsp3) is 0.227. The van der Waals surface area contributed by atoms with Gasteiger partial charge in [0.1, 0.15) is 6.61 Å². The summed E-state index contributed by atoms with van der Waals surface area (Å²) >= 11 is 1.30. The van der Waals surface area contributed by atoms with E-state index in [1.807, 2.05) is 37.3 Å². The first-order valence-corrected chi connectivity index (χ1v) is 10.4. The van der Waals surface area contributed by atoms with Crippen LogP contribution in [0.1, 0.15) is 29.3 Å². The van der Waals surface area contributed by atoms with E-state index in [2.05, 4.69) is 34.6 Å². The van der Waals surface area contributed by atoms with Gasteiger partial charge >= 0.3 is 0 Å². The first-order chi connectivity index (χ1) is 14.5. The number of nitrogens with zero attached hydrogens (tertiary/aromatic N) is 2. The van der Waals surface area contributed by atoms with Crippen molar-refractivity contribution in [2.75, 3.05) is 12.3 Å². The summed E-state index contributed by atoms with van der Waals surface area (Å²) in [6, 6.07) is 13.7. The molecule has 156 valence electrons. The van der Waals surface area contributed by atoms with E-state index in [0.29, 0.717) is 35.5 Å². The van der Waals surface area contributed by atoms with Crippen LogP contribution in [0.4, 0.5) is 5.13 Å². The van der Waals surface area contributed by atoms with Crippen LogP contribution in [0.5, 0.6) is 11.5 Å². The molecule has 0 spiro atoms. The Hall–Kier alpha value is -3.39. The number of aryl methyl sites for hydroxylation is 1. The molecule has 30 heavy (non-hydrogen) atoms. The number of amides is 1. The lowest BCUT2D eigenvalue weighted by atomic mass is 10.2. The maximum atomic E-state index is 11.9. The monoisotopic (exact) mass is 424 g/mol. The van der Waals surface area contributed by atoms with Crippen LogP contribution in [0.15, 0.2) is 52.9 Å². The molecule has 0 unspecified atom stereocenters. The van der Waals surface area contributed by atoms with E-state index in [-0.39, 0.29) is 12.3 Å². The van der Waals surface area contributed by atoms with Crippen molar-refractivity contribution in [1.82, 2.24) is 10.4 Å². The highest BCUT2D eigenvalue weighted by Gasteiger charge is 2.08. The quantitative estimate of drug-likeness (QED) is 0.403. The van der Waals surface area contributed by atoms with Crippen LogP contribution in [-0.2, 0) is 17.8 Å². The number of rotatable bonds is 9. The normalized spacial score (nSPS) is 10.9. The van der Waals surface area contributed by atoms with Crippen molar-refractivity contribution >= 4 is 28.6 Å². The molecule has 0 saturated heterocycles. The van der Waals surface area contributed by atoms with Crippen LogP contribution in [0.2, 0.25) is 0 Å². The lowest BCUT2D eigenvalue weighted by Crippen LogP contribution is -2.19. The second-order valence-electron chi connectivity index (χ2n) is 6.56. The molecule has 2 aromatic carbocycles. The zero-order valence-corrected chi connectivity index (χ0v) is 17.7. The summed E-state index contributed by atoms with van der Waals surface area (Å²) in [5.74, 6) is 1.01. The third-order valence-electron chi connectivity index (χ3n) is 4.10. The Labute approximate surface area is 179 Å². The summed E-state index contributed by atoms with van der Waals surface area (Å²) in [5, 5.41) is 6.19. The molecule has 0 atom stereocenters. The number of carbonyl (C=O) groups excluding carboxylic acids is 1. The minimum atomic E-state index is -0.264. The molecule has 7 nitrogen and oxygen atoms in total. The third kappa shape index (κ3) is 6.31. The summed E-state index contributed by atoms with van der Waals surface area (Å²) in [5.41, 5.74) is 11.7. The van der Waals surface area contributed by atoms with Crippen molar-refractivity contribution in [2.45, 2.75) is 26.9 Å². The van der Waals surface area contributed by atoms with Crippen molar-refractivity contribution in [3.8, 4) is 11.5 Å². The fourth-order valence-corrected chi connectivity index (χ4v) is 3.19. The Balaban J connectivity index is 1.59. The van der Waals surface area contributed by atoms with E-state index in [9.17, 15) is 4.79 Å². The summed E-state index contributed by atoms with van der Waals surface area (Å²) in [6.07, 6.45) is 1.68. The number of benzene rings is 2. The van der Waals surface area contributed by atoms with Crippen LogP contribution < -0.4 is 20.6 Å². The third-order valence-corrected chi connectivity index (χ3v) is 4.82. The average Bonchev–Trinajstić information content (AvgIpc) is 3.13. The molecule has 0 aliphatic heterocycles. The van der Waals surface area contributed by atoms with Gasteiger partial charge in [-0.05, 0) is 43.2 Å². The highest BCUT2D eigenvalue weighted by atomic mass is 32.1. The highest BCUT2D eigenvalue weighted by Crippen LogP contribution is 2.29. The number of hydrogen-bond donors (Lipinski definition) is 2. The van der Waals surface area contributed by atoms with Crippen molar-refractivity contribution in [1.29, 1.82) is 0 Å². The summed E-state index contributed by atoms with van der Waals surface area (Å²) in [4.78, 5) is 16.0. The van der Waals surface area contributed by atoms with Crippen molar-refractivity contribution < 1.29 is 14.3 Å². The van der Waals surface area contributed by atoms with Crippen LogP contribution in [-0.4, -0.2) is 23.7 Å². The summed E-state index contributed by atoms with van der Waals surface area (Å²) in [6.45, 7) is 4.92. The highest BCUT2D eigenvalue weighted by molar-refractivity contribution is 7.13. The average molecular weight is 425 g/mol. The van der Waals surface area contributed by atoms with Gasteiger partial charge in [-0.25, -0.2) is 10.4 Å². The van der Waals surface area contributed by atoms with Gasteiger partial charge in [0.15, 0.2) is 16.6 Å². The number of hydrazone groups is 1. The molecule has 0 bridgehead atoms. The van der Waals surface area contributed by atoms with Gasteiger partial charge in [0.05, 0.1) is 24.9 Å². The van der Waals surface area contributed by atoms with Crippen molar-refractivity contribution in [3.05, 3.63) is 70.2 Å². The molecule has 0 fully saturated rings.